The van der Waals surface area contributed by atoms with Gasteiger partial charge in [0.25, 0.3) is 0 Å². The van der Waals surface area contributed by atoms with Crippen molar-refractivity contribution in [1.29, 1.82) is 5.26 Å². The normalized spacial score (nSPS) is 18.6. The van der Waals surface area contributed by atoms with E-state index in [-0.39, 0.29) is 5.60 Å². The van der Waals surface area contributed by atoms with Gasteiger partial charge in [0.15, 0.2) is 5.69 Å². The van der Waals surface area contributed by atoms with Crippen LogP contribution in [0.1, 0.15) is 31.4 Å². The molecule has 1 aromatic heterocycles. The lowest BCUT2D eigenvalue weighted by molar-refractivity contribution is -0.0147. The maximum Gasteiger partial charge on any atom is 0.175 e. The van der Waals surface area contributed by atoms with Crippen LogP contribution in [0.5, 0.6) is 0 Å². The molecular formula is C19H18Cl2N4OS. The summed E-state index contributed by atoms with van der Waals surface area (Å²) in [6.07, 6.45) is 6.01. The van der Waals surface area contributed by atoms with Crippen molar-refractivity contribution in [2.45, 2.75) is 41.2 Å². The smallest absolute Gasteiger partial charge is 0.175 e. The molecule has 8 heteroatoms. The summed E-state index contributed by atoms with van der Waals surface area (Å²) in [6, 6.07) is 7.55. The average Bonchev–Trinajstić information content (AvgIpc) is 3.14. The number of ether oxygens (including phenoxy) is 1. The number of aromatic nitrogens is 2. The zero-order chi connectivity index (χ0) is 18.9. The van der Waals surface area contributed by atoms with Crippen LogP contribution in [0.4, 0.5) is 5.82 Å². The summed E-state index contributed by atoms with van der Waals surface area (Å²) in [5, 5.41) is 11.0. The summed E-state index contributed by atoms with van der Waals surface area (Å²) < 4.78 is 5.98. The summed E-state index contributed by atoms with van der Waals surface area (Å²) in [5.74, 6) is 0.737. The SMILES string of the molecule is N#Cc1nc(N2CCC3(CCCO3)CC2)cnc1Sc1cccc(Cl)c1Cl. The van der Waals surface area contributed by atoms with Crippen LogP contribution < -0.4 is 4.90 Å². The molecule has 3 heterocycles. The minimum absolute atomic E-state index is 0.0567. The van der Waals surface area contributed by atoms with Gasteiger partial charge in [-0.2, -0.15) is 5.26 Å². The third-order valence-corrected chi connectivity index (χ3v) is 7.12. The van der Waals surface area contributed by atoms with E-state index in [9.17, 15) is 5.26 Å². The van der Waals surface area contributed by atoms with Gasteiger partial charge in [-0.1, -0.05) is 41.0 Å². The Morgan fingerprint density at radius 2 is 2.04 bits per heavy atom. The van der Waals surface area contributed by atoms with E-state index >= 15 is 0 Å². The summed E-state index contributed by atoms with van der Waals surface area (Å²) in [6.45, 7) is 2.61. The lowest BCUT2D eigenvalue weighted by atomic mass is 9.89. The van der Waals surface area contributed by atoms with Crippen molar-refractivity contribution in [3.8, 4) is 6.07 Å². The minimum Gasteiger partial charge on any atom is -0.375 e. The van der Waals surface area contributed by atoms with E-state index in [1.54, 1.807) is 12.3 Å². The van der Waals surface area contributed by atoms with Crippen molar-refractivity contribution >= 4 is 40.8 Å². The average molecular weight is 421 g/mol. The number of nitriles is 1. The fourth-order valence-corrected chi connectivity index (χ4v) is 4.95. The van der Waals surface area contributed by atoms with Gasteiger partial charge < -0.3 is 9.64 Å². The van der Waals surface area contributed by atoms with Crippen LogP contribution in [0.15, 0.2) is 34.3 Å². The Hall–Kier alpha value is -1.52. The second-order valence-electron chi connectivity index (χ2n) is 6.77. The van der Waals surface area contributed by atoms with E-state index in [0.29, 0.717) is 20.8 Å². The van der Waals surface area contributed by atoms with Crippen LogP contribution in [0.2, 0.25) is 10.0 Å². The number of nitrogens with zero attached hydrogens (tertiary/aromatic N) is 4. The van der Waals surface area contributed by atoms with E-state index in [0.717, 1.165) is 56.1 Å². The molecule has 0 unspecified atom stereocenters. The molecule has 2 aromatic rings. The number of rotatable bonds is 3. The Balaban J connectivity index is 1.52. The van der Waals surface area contributed by atoms with Gasteiger partial charge in [-0.15, -0.1) is 0 Å². The number of piperidine rings is 1. The lowest BCUT2D eigenvalue weighted by Gasteiger charge is -2.39. The van der Waals surface area contributed by atoms with Gasteiger partial charge >= 0.3 is 0 Å². The molecular weight excluding hydrogens is 403 g/mol. The predicted molar refractivity (Wildman–Crippen MR) is 107 cm³/mol. The Labute approximate surface area is 172 Å². The maximum atomic E-state index is 9.55. The van der Waals surface area contributed by atoms with Crippen molar-refractivity contribution < 1.29 is 4.74 Å². The zero-order valence-corrected chi connectivity index (χ0v) is 16.9. The Bertz CT molecular complexity index is 886. The molecule has 4 rings (SSSR count). The topological polar surface area (TPSA) is 62.0 Å². The Morgan fingerprint density at radius 1 is 1.22 bits per heavy atom. The molecule has 2 aliphatic rings. The summed E-state index contributed by atoms with van der Waals surface area (Å²) in [7, 11) is 0. The number of anilines is 1. The molecule has 0 bridgehead atoms. The monoisotopic (exact) mass is 420 g/mol. The second-order valence-corrected chi connectivity index (χ2v) is 8.59. The van der Waals surface area contributed by atoms with Gasteiger partial charge in [0.1, 0.15) is 16.9 Å². The number of hydrogen-bond donors (Lipinski definition) is 0. The lowest BCUT2D eigenvalue weighted by Crippen LogP contribution is -2.44. The van der Waals surface area contributed by atoms with E-state index in [4.69, 9.17) is 27.9 Å². The van der Waals surface area contributed by atoms with Crippen molar-refractivity contribution in [2.75, 3.05) is 24.6 Å². The van der Waals surface area contributed by atoms with Crippen molar-refractivity contribution in [1.82, 2.24) is 9.97 Å². The van der Waals surface area contributed by atoms with Gasteiger partial charge in [-0.25, -0.2) is 9.97 Å². The highest BCUT2D eigenvalue weighted by Gasteiger charge is 2.38. The standard InChI is InChI=1S/C19H18Cl2N4OS/c20-13-3-1-4-15(17(13)21)27-18-14(11-22)24-16(12-23-18)25-8-6-19(7-9-25)5-2-10-26-19/h1,3-4,12H,2,5-10H2. The molecule has 0 atom stereocenters. The molecule has 5 nitrogen and oxygen atoms in total. The van der Waals surface area contributed by atoms with Crippen LogP contribution in [0.25, 0.3) is 0 Å². The first-order chi connectivity index (χ1) is 13.1. The molecule has 0 amide bonds. The first-order valence-electron chi connectivity index (χ1n) is 8.88. The second kappa shape index (κ2) is 7.84. The molecule has 2 saturated heterocycles. The van der Waals surface area contributed by atoms with Gasteiger partial charge in [0, 0.05) is 24.6 Å². The molecule has 0 radical (unpaired) electrons. The first-order valence-corrected chi connectivity index (χ1v) is 10.5. The highest BCUT2D eigenvalue weighted by molar-refractivity contribution is 7.99. The van der Waals surface area contributed by atoms with Gasteiger partial charge in [0.2, 0.25) is 0 Å². The van der Waals surface area contributed by atoms with E-state index in [2.05, 4.69) is 20.9 Å². The molecule has 140 valence electrons. The molecule has 27 heavy (non-hydrogen) atoms. The number of hydrogen-bond acceptors (Lipinski definition) is 6. The van der Waals surface area contributed by atoms with Crippen LogP contribution in [0.3, 0.4) is 0 Å². The van der Waals surface area contributed by atoms with Gasteiger partial charge in [0.05, 0.1) is 21.8 Å². The number of benzene rings is 1. The summed E-state index contributed by atoms with van der Waals surface area (Å²) in [5.41, 5.74) is 0.354. The van der Waals surface area contributed by atoms with E-state index < -0.39 is 0 Å². The van der Waals surface area contributed by atoms with Crippen LogP contribution in [0, 0.1) is 11.3 Å². The molecule has 1 spiro atoms. The third kappa shape index (κ3) is 3.88. The zero-order valence-electron chi connectivity index (χ0n) is 14.6. The van der Waals surface area contributed by atoms with E-state index in [1.807, 2.05) is 12.1 Å². The molecule has 2 aliphatic heterocycles. The van der Waals surface area contributed by atoms with Crippen molar-refractivity contribution in [3.63, 3.8) is 0 Å². The fraction of sp³-hybridized carbons (Fsp3) is 0.421. The maximum absolute atomic E-state index is 9.55. The molecule has 0 N–H and O–H groups in total. The first kappa shape index (κ1) is 18.8. The highest BCUT2D eigenvalue weighted by atomic mass is 35.5. The number of halogens is 2. The van der Waals surface area contributed by atoms with Crippen LogP contribution >= 0.6 is 35.0 Å². The van der Waals surface area contributed by atoms with Gasteiger partial charge in [-0.05, 0) is 37.8 Å². The Kier molecular flexibility index (Phi) is 5.47. The highest BCUT2D eigenvalue weighted by Crippen LogP contribution is 2.39. The van der Waals surface area contributed by atoms with Crippen LogP contribution in [-0.4, -0.2) is 35.3 Å². The molecule has 1 aromatic carbocycles. The van der Waals surface area contributed by atoms with Crippen LogP contribution in [-0.2, 0) is 4.74 Å². The Morgan fingerprint density at radius 3 is 2.74 bits per heavy atom. The predicted octanol–water partition coefficient (Wildman–Crippen LogP) is 4.96. The largest absolute Gasteiger partial charge is 0.375 e. The van der Waals surface area contributed by atoms with Crippen molar-refractivity contribution in [3.05, 3.63) is 40.1 Å². The molecule has 0 aliphatic carbocycles. The van der Waals surface area contributed by atoms with Gasteiger partial charge in [-0.3, -0.25) is 0 Å². The third-order valence-electron chi connectivity index (χ3n) is 5.14. The summed E-state index contributed by atoms with van der Waals surface area (Å²) >= 11 is 13.6. The fourth-order valence-electron chi connectivity index (χ4n) is 3.63. The summed E-state index contributed by atoms with van der Waals surface area (Å²) in [4.78, 5) is 12.0. The molecule has 0 saturated carbocycles. The molecule has 2 fully saturated rings. The quantitative estimate of drug-likeness (QED) is 0.699. The van der Waals surface area contributed by atoms with E-state index in [1.165, 1.54) is 11.8 Å². The minimum atomic E-state index is 0.0567. The van der Waals surface area contributed by atoms with Crippen molar-refractivity contribution in [2.24, 2.45) is 0 Å².